The quantitative estimate of drug-likeness (QED) is 0.826. The first kappa shape index (κ1) is 14.8. The van der Waals surface area contributed by atoms with E-state index < -0.39 is 0 Å². The van der Waals surface area contributed by atoms with Gasteiger partial charge in [-0.15, -0.1) is 12.4 Å². The van der Waals surface area contributed by atoms with Gasteiger partial charge in [0.1, 0.15) is 0 Å². The molecule has 100 valence electrons. The molecular weight excluding hydrogens is 236 g/mol. The molecule has 2 rings (SSSR count). The van der Waals surface area contributed by atoms with Gasteiger partial charge in [-0.3, -0.25) is 4.79 Å². The van der Waals surface area contributed by atoms with E-state index in [0.717, 1.165) is 13.1 Å². The standard InChI is InChI=1S/C13H24N2O.ClH/c1-10-5-4-8-15(11(10)2)13(16)9-12-6-3-7-14-12;/h10-12,14H,3-9H2,1-2H3;1H. The Labute approximate surface area is 111 Å². The van der Waals surface area contributed by atoms with E-state index in [1.54, 1.807) is 0 Å². The molecule has 0 bridgehead atoms. The van der Waals surface area contributed by atoms with Crippen molar-refractivity contribution >= 4 is 18.3 Å². The van der Waals surface area contributed by atoms with Gasteiger partial charge in [0.15, 0.2) is 0 Å². The number of piperidine rings is 1. The van der Waals surface area contributed by atoms with Crippen LogP contribution < -0.4 is 5.32 Å². The number of rotatable bonds is 2. The molecule has 0 saturated carbocycles. The zero-order valence-corrected chi connectivity index (χ0v) is 11.8. The van der Waals surface area contributed by atoms with Gasteiger partial charge in [-0.1, -0.05) is 6.92 Å². The van der Waals surface area contributed by atoms with E-state index in [4.69, 9.17) is 0 Å². The molecule has 17 heavy (non-hydrogen) atoms. The number of carbonyl (C=O) groups is 1. The van der Waals surface area contributed by atoms with E-state index in [-0.39, 0.29) is 12.4 Å². The minimum Gasteiger partial charge on any atom is -0.340 e. The van der Waals surface area contributed by atoms with Gasteiger partial charge in [-0.2, -0.15) is 0 Å². The summed E-state index contributed by atoms with van der Waals surface area (Å²) in [5.74, 6) is 1.02. The van der Waals surface area contributed by atoms with Crippen LogP contribution in [0.5, 0.6) is 0 Å². The van der Waals surface area contributed by atoms with Crippen LogP contribution in [0.1, 0.15) is 46.0 Å². The fourth-order valence-electron chi connectivity index (χ4n) is 2.95. The first-order chi connectivity index (χ1) is 7.68. The third-order valence-electron chi connectivity index (χ3n) is 4.28. The van der Waals surface area contributed by atoms with E-state index in [0.29, 0.717) is 30.3 Å². The molecule has 3 atom stereocenters. The zero-order valence-electron chi connectivity index (χ0n) is 10.9. The lowest BCUT2D eigenvalue weighted by atomic mass is 9.91. The zero-order chi connectivity index (χ0) is 11.5. The van der Waals surface area contributed by atoms with Gasteiger partial charge in [0.05, 0.1) is 0 Å². The largest absolute Gasteiger partial charge is 0.340 e. The molecule has 0 aromatic rings. The van der Waals surface area contributed by atoms with Crippen molar-refractivity contribution < 1.29 is 4.79 Å². The Hall–Kier alpha value is -0.280. The van der Waals surface area contributed by atoms with Gasteiger partial charge < -0.3 is 10.2 Å². The Morgan fingerprint density at radius 1 is 1.29 bits per heavy atom. The summed E-state index contributed by atoms with van der Waals surface area (Å²) < 4.78 is 0. The van der Waals surface area contributed by atoms with Crippen LogP contribution in [0.3, 0.4) is 0 Å². The lowest BCUT2D eigenvalue weighted by Crippen LogP contribution is -2.47. The Kier molecular flexibility index (Phi) is 5.74. The maximum atomic E-state index is 12.2. The number of halogens is 1. The minimum atomic E-state index is 0. The fourth-order valence-corrected chi connectivity index (χ4v) is 2.95. The molecule has 2 fully saturated rings. The molecular formula is C13H25ClN2O. The normalized spacial score (nSPS) is 33.3. The second-order valence-electron chi connectivity index (χ2n) is 5.44. The molecule has 4 heteroatoms. The third-order valence-corrected chi connectivity index (χ3v) is 4.28. The molecule has 0 aromatic heterocycles. The summed E-state index contributed by atoms with van der Waals surface area (Å²) in [6.07, 6.45) is 5.55. The van der Waals surface area contributed by atoms with Crippen molar-refractivity contribution in [3.63, 3.8) is 0 Å². The lowest BCUT2D eigenvalue weighted by molar-refractivity contribution is -0.136. The van der Waals surface area contributed by atoms with Crippen molar-refractivity contribution in [3.8, 4) is 0 Å². The van der Waals surface area contributed by atoms with Gasteiger partial charge in [0.2, 0.25) is 5.91 Å². The van der Waals surface area contributed by atoms with Crippen LogP contribution in [-0.4, -0.2) is 36.0 Å². The fraction of sp³-hybridized carbons (Fsp3) is 0.923. The van der Waals surface area contributed by atoms with E-state index in [1.165, 1.54) is 25.7 Å². The molecule has 0 aliphatic carbocycles. The van der Waals surface area contributed by atoms with Gasteiger partial charge >= 0.3 is 0 Å². The topological polar surface area (TPSA) is 32.3 Å². The predicted molar refractivity (Wildman–Crippen MR) is 72.5 cm³/mol. The number of carbonyl (C=O) groups excluding carboxylic acids is 1. The number of hydrogen-bond donors (Lipinski definition) is 1. The number of likely N-dealkylation sites (tertiary alicyclic amines) is 1. The molecule has 0 spiro atoms. The molecule has 2 heterocycles. The molecule has 1 N–H and O–H groups in total. The summed E-state index contributed by atoms with van der Waals surface area (Å²) in [4.78, 5) is 14.3. The summed E-state index contributed by atoms with van der Waals surface area (Å²) in [6.45, 7) is 6.52. The van der Waals surface area contributed by atoms with Crippen LogP contribution >= 0.6 is 12.4 Å². The highest BCUT2D eigenvalue weighted by Gasteiger charge is 2.29. The van der Waals surface area contributed by atoms with Crippen molar-refractivity contribution in [1.82, 2.24) is 10.2 Å². The highest BCUT2D eigenvalue weighted by Crippen LogP contribution is 2.24. The smallest absolute Gasteiger partial charge is 0.224 e. The molecule has 2 aliphatic heterocycles. The Morgan fingerprint density at radius 3 is 2.71 bits per heavy atom. The molecule has 0 radical (unpaired) electrons. The van der Waals surface area contributed by atoms with E-state index in [2.05, 4.69) is 24.1 Å². The van der Waals surface area contributed by atoms with Crippen LogP contribution in [0.2, 0.25) is 0 Å². The van der Waals surface area contributed by atoms with Crippen LogP contribution in [0.25, 0.3) is 0 Å². The maximum absolute atomic E-state index is 12.2. The van der Waals surface area contributed by atoms with Crippen molar-refractivity contribution in [1.29, 1.82) is 0 Å². The molecule has 3 unspecified atom stereocenters. The second kappa shape index (κ2) is 6.60. The van der Waals surface area contributed by atoms with Crippen LogP contribution in [-0.2, 0) is 4.79 Å². The monoisotopic (exact) mass is 260 g/mol. The maximum Gasteiger partial charge on any atom is 0.224 e. The van der Waals surface area contributed by atoms with E-state index in [9.17, 15) is 4.79 Å². The van der Waals surface area contributed by atoms with Crippen molar-refractivity contribution in [3.05, 3.63) is 0 Å². The highest BCUT2D eigenvalue weighted by atomic mass is 35.5. The first-order valence-electron chi connectivity index (χ1n) is 6.71. The van der Waals surface area contributed by atoms with Gasteiger partial charge in [-0.05, 0) is 45.1 Å². The molecule has 2 aliphatic rings. The Morgan fingerprint density at radius 2 is 2.06 bits per heavy atom. The number of amides is 1. The van der Waals surface area contributed by atoms with Crippen molar-refractivity contribution in [2.45, 2.75) is 58.0 Å². The summed E-state index contributed by atoms with van der Waals surface area (Å²) in [7, 11) is 0. The van der Waals surface area contributed by atoms with Crippen LogP contribution in [0.15, 0.2) is 0 Å². The van der Waals surface area contributed by atoms with E-state index >= 15 is 0 Å². The average molecular weight is 261 g/mol. The van der Waals surface area contributed by atoms with Crippen molar-refractivity contribution in [2.75, 3.05) is 13.1 Å². The lowest BCUT2D eigenvalue weighted by Gasteiger charge is -2.38. The average Bonchev–Trinajstić information content (AvgIpc) is 2.74. The van der Waals surface area contributed by atoms with Crippen LogP contribution in [0, 0.1) is 5.92 Å². The summed E-state index contributed by atoms with van der Waals surface area (Å²) in [6, 6.07) is 0.875. The molecule has 1 amide bonds. The second-order valence-corrected chi connectivity index (χ2v) is 5.44. The van der Waals surface area contributed by atoms with Crippen molar-refractivity contribution in [2.24, 2.45) is 5.92 Å². The summed E-state index contributed by atoms with van der Waals surface area (Å²) in [5.41, 5.74) is 0. The summed E-state index contributed by atoms with van der Waals surface area (Å²) in [5, 5.41) is 3.41. The summed E-state index contributed by atoms with van der Waals surface area (Å²) >= 11 is 0. The Bertz CT molecular complexity index is 254. The van der Waals surface area contributed by atoms with E-state index in [1.807, 2.05) is 0 Å². The number of nitrogens with zero attached hydrogens (tertiary/aromatic N) is 1. The van der Waals surface area contributed by atoms with Crippen LogP contribution in [0.4, 0.5) is 0 Å². The third kappa shape index (κ3) is 3.59. The molecule has 0 aromatic carbocycles. The SMILES string of the molecule is CC1CCCN(C(=O)CC2CCCN2)C1C.Cl. The predicted octanol–water partition coefficient (Wildman–Crippen LogP) is 2.20. The highest BCUT2D eigenvalue weighted by molar-refractivity contribution is 5.85. The minimum absolute atomic E-state index is 0. The number of hydrogen-bond acceptors (Lipinski definition) is 2. The molecule has 2 saturated heterocycles. The molecule has 3 nitrogen and oxygen atoms in total. The Balaban J connectivity index is 0.00000144. The number of nitrogens with one attached hydrogen (secondary N) is 1. The van der Waals surface area contributed by atoms with Gasteiger partial charge in [0.25, 0.3) is 0 Å². The van der Waals surface area contributed by atoms with Gasteiger partial charge in [0, 0.05) is 25.0 Å². The van der Waals surface area contributed by atoms with Gasteiger partial charge in [-0.25, -0.2) is 0 Å². The first-order valence-corrected chi connectivity index (χ1v) is 6.71.